The maximum Gasteiger partial charge on any atom is 0.254 e. The molecule has 1 rings (SSSR count). The summed E-state index contributed by atoms with van der Waals surface area (Å²) in [6.07, 6.45) is 5.48. The predicted octanol–water partition coefficient (Wildman–Crippen LogP) is 1.67. The number of hydrogen-bond acceptors (Lipinski definition) is 2. The van der Waals surface area contributed by atoms with Gasteiger partial charge in [-0.1, -0.05) is 20.3 Å². The highest BCUT2D eigenvalue weighted by Crippen LogP contribution is 1.98. The molecule has 0 fully saturated rings. The molecule has 3 nitrogen and oxygen atoms in total. The van der Waals surface area contributed by atoms with E-state index in [-0.39, 0.29) is 5.56 Å². The molecule has 1 heterocycles. The number of unbranched alkanes of at least 4 members (excludes halogenated alkanes) is 1. The van der Waals surface area contributed by atoms with E-state index in [1.54, 1.807) is 6.20 Å². The van der Waals surface area contributed by atoms with Crippen LogP contribution in [-0.4, -0.2) is 9.97 Å². The van der Waals surface area contributed by atoms with Gasteiger partial charge in [0.1, 0.15) is 5.82 Å². The molecule has 0 aliphatic carbocycles. The van der Waals surface area contributed by atoms with Gasteiger partial charge >= 0.3 is 0 Å². The van der Waals surface area contributed by atoms with Crippen LogP contribution in [0.3, 0.4) is 0 Å². The van der Waals surface area contributed by atoms with Gasteiger partial charge in [0.15, 0.2) is 0 Å². The second kappa shape index (κ2) is 4.80. The average Bonchev–Trinajstić information content (AvgIpc) is 2.16. The highest BCUT2D eigenvalue weighted by Gasteiger charge is 2.00. The standard InChI is InChI=1S/C10H16N2O/c1-3-5-6-8-7-11-9(4-2)12-10(8)13/h7H,3-6H2,1-2H3,(H,11,12,13). The lowest BCUT2D eigenvalue weighted by molar-refractivity contribution is 0.773. The maximum atomic E-state index is 11.4. The Morgan fingerprint density at radius 1 is 1.46 bits per heavy atom. The summed E-state index contributed by atoms with van der Waals surface area (Å²) in [6, 6.07) is 0. The van der Waals surface area contributed by atoms with Crippen molar-refractivity contribution >= 4 is 0 Å². The van der Waals surface area contributed by atoms with Gasteiger partial charge in [-0.3, -0.25) is 4.79 Å². The van der Waals surface area contributed by atoms with Crippen molar-refractivity contribution in [2.45, 2.75) is 39.5 Å². The summed E-state index contributed by atoms with van der Waals surface area (Å²) in [7, 11) is 0. The third-order valence-electron chi connectivity index (χ3n) is 2.06. The van der Waals surface area contributed by atoms with E-state index >= 15 is 0 Å². The lowest BCUT2D eigenvalue weighted by Crippen LogP contribution is -2.15. The van der Waals surface area contributed by atoms with Crippen LogP contribution in [-0.2, 0) is 12.8 Å². The van der Waals surface area contributed by atoms with E-state index in [0.717, 1.165) is 37.1 Å². The average molecular weight is 180 g/mol. The zero-order chi connectivity index (χ0) is 9.68. The molecular formula is C10H16N2O. The summed E-state index contributed by atoms with van der Waals surface area (Å²) in [5.74, 6) is 0.769. The third kappa shape index (κ3) is 2.68. The van der Waals surface area contributed by atoms with Crippen molar-refractivity contribution in [1.29, 1.82) is 0 Å². The number of hydrogen-bond donors (Lipinski definition) is 1. The van der Waals surface area contributed by atoms with Crippen LogP contribution in [0.4, 0.5) is 0 Å². The number of nitrogens with zero attached hydrogens (tertiary/aromatic N) is 1. The fourth-order valence-electron chi connectivity index (χ4n) is 1.18. The zero-order valence-electron chi connectivity index (χ0n) is 8.26. The first-order valence-corrected chi connectivity index (χ1v) is 4.85. The number of aromatic nitrogens is 2. The van der Waals surface area contributed by atoms with Gasteiger partial charge in [-0.05, 0) is 12.8 Å². The molecule has 1 aromatic heterocycles. The van der Waals surface area contributed by atoms with E-state index in [0.29, 0.717) is 0 Å². The van der Waals surface area contributed by atoms with Gasteiger partial charge in [-0.2, -0.15) is 0 Å². The van der Waals surface area contributed by atoms with Crippen LogP contribution in [0.25, 0.3) is 0 Å². The molecular weight excluding hydrogens is 164 g/mol. The minimum Gasteiger partial charge on any atom is -0.310 e. The monoisotopic (exact) mass is 180 g/mol. The van der Waals surface area contributed by atoms with Gasteiger partial charge in [0.2, 0.25) is 0 Å². The van der Waals surface area contributed by atoms with Crippen molar-refractivity contribution in [2.75, 3.05) is 0 Å². The Bertz CT molecular complexity index is 317. The second-order valence-corrected chi connectivity index (χ2v) is 3.14. The Labute approximate surface area is 78.2 Å². The summed E-state index contributed by atoms with van der Waals surface area (Å²) < 4.78 is 0. The van der Waals surface area contributed by atoms with Gasteiger partial charge in [-0.25, -0.2) is 4.98 Å². The Kier molecular flexibility index (Phi) is 3.68. The molecule has 0 atom stereocenters. The molecule has 0 spiro atoms. The minimum atomic E-state index is 0.0281. The number of rotatable bonds is 4. The first-order valence-electron chi connectivity index (χ1n) is 4.85. The summed E-state index contributed by atoms with van der Waals surface area (Å²) in [5.41, 5.74) is 0.833. The topological polar surface area (TPSA) is 45.8 Å². The van der Waals surface area contributed by atoms with Crippen LogP contribution in [0, 0.1) is 0 Å². The molecule has 0 radical (unpaired) electrons. The van der Waals surface area contributed by atoms with Gasteiger partial charge in [0.25, 0.3) is 5.56 Å². The fraction of sp³-hybridized carbons (Fsp3) is 0.600. The first-order chi connectivity index (χ1) is 6.27. The zero-order valence-corrected chi connectivity index (χ0v) is 8.26. The van der Waals surface area contributed by atoms with E-state index in [1.165, 1.54) is 0 Å². The van der Waals surface area contributed by atoms with Gasteiger partial charge < -0.3 is 4.98 Å². The second-order valence-electron chi connectivity index (χ2n) is 3.14. The smallest absolute Gasteiger partial charge is 0.254 e. The summed E-state index contributed by atoms with van der Waals surface area (Å²) in [5, 5.41) is 0. The van der Waals surface area contributed by atoms with Crippen molar-refractivity contribution in [3.63, 3.8) is 0 Å². The molecule has 0 bridgehead atoms. The molecule has 0 amide bonds. The van der Waals surface area contributed by atoms with E-state index < -0.39 is 0 Å². The summed E-state index contributed by atoms with van der Waals surface area (Å²) >= 11 is 0. The van der Waals surface area contributed by atoms with E-state index in [4.69, 9.17) is 0 Å². The van der Waals surface area contributed by atoms with Gasteiger partial charge in [0, 0.05) is 18.2 Å². The largest absolute Gasteiger partial charge is 0.310 e. The van der Waals surface area contributed by atoms with Crippen molar-refractivity contribution < 1.29 is 0 Å². The van der Waals surface area contributed by atoms with Crippen molar-refractivity contribution in [1.82, 2.24) is 9.97 Å². The van der Waals surface area contributed by atoms with Crippen LogP contribution in [0.2, 0.25) is 0 Å². The normalized spacial score (nSPS) is 10.3. The Morgan fingerprint density at radius 2 is 2.23 bits per heavy atom. The number of aromatic amines is 1. The lowest BCUT2D eigenvalue weighted by atomic mass is 10.1. The highest BCUT2D eigenvalue weighted by molar-refractivity contribution is 5.05. The van der Waals surface area contributed by atoms with E-state index in [1.807, 2.05) is 6.92 Å². The Hall–Kier alpha value is -1.12. The van der Waals surface area contributed by atoms with Crippen molar-refractivity contribution in [2.24, 2.45) is 0 Å². The molecule has 0 aromatic carbocycles. The predicted molar refractivity (Wildman–Crippen MR) is 52.8 cm³/mol. The van der Waals surface area contributed by atoms with Crippen LogP contribution in [0.1, 0.15) is 38.1 Å². The molecule has 0 saturated heterocycles. The molecule has 3 heteroatoms. The fourth-order valence-corrected chi connectivity index (χ4v) is 1.18. The molecule has 0 aliphatic rings. The molecule has 1 N–H and O–H groups in total. The molecule has 13 heavy (non-hydrogen) atoms. The van der Waals surface area contributed by atoms with Crippen LogP contribution in [0.5, 0.6) is 0 Å². The minimum absolute atomic E-state index is 0.0281. The molecule has 0 saturated carbocycles. The van der Waals surface area contributed by atoms with Crippen molar-refractivity contribution in [3.8, 4) is 0 Å². The summed E-state index contributed by atoms with van der Waals surface area (Å²) in [4.78, 5) is 18.3. The van der Waals surface area contributed by atoms with Gasteiger partial charge in [-0.15, -0.1) is 0 Å². The van der Waals surface area contributed by atoms with Gasteiger partial charge in [0.05, 0.1) is 0 Å². The maximum absolute atomic E-state index is 11.4. The molecule has 0 unspecified atom stereocenters. The molecule has 72 valence electrons. The van der Waals surface area contributed by atoms with E-state index in [2.05, 4.69) is 16.9 Å². The molecule has 0 aliphatic heterocycles. The van der Waals surface area contributed by atoms with Crippen molar-refractivity contribution in [3.05, 3.63) is 27.9 Å². The Balaban J connectivity index is 2.80. The van der Waals surface area contributed by atoms with E-state index in [9.17, 15) is 4.79 Å². The number of aryl methyl sites for hydroxylation is 2. The summed E-state index contributed by atoms with van der Waals surface area (Å²) in [6.45, 7) is 4.09. The Morgan fingerprint density at radius 3 is 2.77 bits per heavy atom. The SMILES string of the molecule is CCCCc1cnc(CC)[nH]c1=O. The molecule has 1 aromatic rings. The number of nitrogens with one attached hydrogen (secondary N) is 1. The van der Waals surface area contributed by atoms with Crippen LogP contribution >= 0.6 is 0 Å². The van der Waals surface area contributed by atoms with Crippen LogP contribution < -0.4 is 5.56 Å². The lowest BCUT2D eigenvalue weighted by Gasteiger charge is -1.99. The number of H-pyrrole nitrogens is 1. The first kappa shape index (κ1) is 9.96. The quantitative estimate of drug-likeness (QED) is 0.766. The van der Waals surface area contributed by atoms with Crippen LogP contribution in [0.15, 0.2) is 11.0 Å². The third-order valence-corrected chi connectivity index (χ3v) is 2.06. The highest BCUT2D eigenvalue weighted by atomic mass is 16.1.